The number of thiazole rings is 1. The first-order valence-corrected chi connectivity index (χ1v) is 11.2. The predicted molar refractivity (Wildman–Crippen MR) is 118 cm³/mol. The van der Waals surface area contributed by atoms with E-state index in [1.54, 1.807) is 31.3 Å². The number of aryl methyl sites for hydroxylation is 1. The number of benzene rings is 1. The fraction of sp³-hybridized carbons (Fsp3) is 0.304. The molecule has 164 valence electrons. The van der Waals surface area contributed by atoms with Gasteiger partial charge < -0.3 is 19.5 Å². The van der Waals surface area contributed by atoms with Gasteiger partial charge >= 0.3 is 5.97 Å². The summed E-state index contributed by atoms with van der Waals surface area (Å²) in [5.74, 6) is -0.294. The average molecular weight is 452 g/mol. The lowest BCUT2D eigenvalue weighted by molar-refractivity contribution is -0.119. The highest BCUT2D eigenvalue weighted by Crippen LogP contribution is 2.47. The second kappa shape index (κ2) is 8.23. The molecule has 1 spiro atoms. The van der Waals surface area contributed by atoms with E-state index in [0.717, 1.165) is 25.7 Å². The molecular formula is C23H21N3O5S. The maximum absolute atomic E-state index is 12.5. The molecule has 5 rings (SSSR count). The number of hydrogen-bond donors (Lipinski definition) is 1. The van der Waals surface area contributed by atoms with Crippen molar-refractivity contribution in [3.8, 4) is 22.2 Å². The summed E-state index contributed by atoms with van der Waals surface area (Å²) in [4.78, 5) is 33.8. The maximum atomic E-state index is 12.5. The van der Waals surface area contributed by atoms with Gasteiger partial charge in [0.25, 0.3) is 11.7 Å². The zero-order valence-corrected chi connectivity index (χ0v) is 18.2. The third-order valence-corrected chi connectivity index (χ3v) is 6.55. The number of pyridine rings is 1. The third-order valence-electron chi connectivity index (χ3n) is 5.39. The Morgan fingerprint density at radius 3 is 2.75 bits per heavy atom. The minimum Gasteiger partial charge on any atom is -0.451 e. The average Bonchev–Trinajstić information content (AvgIpc) is 3.51. The fourth-order valence-corrected chi connectivity index (χ4v) is 4.80. The molecule has 0 bridgehead atoms. The first kappa shape index (κ1) is 20.4. The van der Waals surface area contributed by atoms with E-state index in [9.17, 15) is 9.59 Å². The number of carbonyl (C=O) groups is 2. The Morgan fingerprint density at radius 1 is 1.16 bits per heavy atom. The van der Waals surface area contributed by atoms with Crippen LogP contribution in [0.5, 0.6) is 11.5 Å². The van der Waals surface area contributed by atoms with Crippen LogP contribution in [-0.2, 0) is 9.53 Å². The van der Waals surface area contributed by atoms with Gasteiger partial charge in [-0.25, -0.2) is 9.78 Å². The van der Waals surface area contributed by atoms with E-state index in [1.807, 2.05) is 18.2 Å². The number of amides is 1. The molecule has 0 radical (unpaired) electrons. The Balaban J connectivity index is 1.18. The molecule has 1 aliphatic carbocycles. The molecule has 2 aliphatic rings. The number of nitrogens with zero attached hydrogens (tertiary/aromatic N) is 2. The van der Waals surface area contributed by atoms with E-state index in [4.69, 9.17) is 14.2 Å². The highest BCUT2D eigenvalue weighted by molar-refractivity contribution is 7.17. The fourth-order valence-electron chi connectivity index (χ4n) is 3.87. The van der Waals surface area contributed by atoms with Crippen LogP contribution in [0.25, 0.3) is 10.7 Å². The van der Waals surface area contributed by atoms with Crippen LogP contribution in [0.15, 0.2) is 42.6 Å². The van der Waals surface area contributed by atoms with Crippen LogP contribution in [0.1, 0.15) is 41.0 Å². The highest BCUT2D eigenvalue weighted by Gasteiger charge is 2.44. The van der Waals surface area contributed by atoms with E-state index >= 15 is 0 Å². The summed E-state index contributed by atoms with van der Waals surface area (Å²) >= 11 is 1.19. The number of fused-ring (bicyclic) bond motifs is 1. The summed E-state index contributed by atoms with van der Waals surface area (Å²) in [6.07, 6.45) is 5.53. The summed E-state index contributed by atoms with van der Waals surface area (Å²) in [7, 11) is 0. The van der Waals surface area contributed by atoms with Crippen LogP contribution < -0.4 is 14.8 Å². The topological polar surface area (TPSA) is 99.6 Å². The summed E-state index contributed by atoms with van der Waals surface area (Å²) in [5.41, 5.74) is 1.77. The Hall–Kier alpha value is -3.46. The quantitative estimate of drug-likeness (QED) is 0.576. The monoisotopic (exact) mass is 451 g/mol. The van der Waals surface area contributed by atoms with Crippen molar-refractivity contribution in [2.24, 2.45) is 0 Å². The van der Waals surface area contributed by atoms with Crippen molar-refractivity contribution >= 4 is 28.9 Å². The lowest BCUT2D eigenvalue weighted by Gasteiger charge is -2.21. The van der Waals surface area contributed by atoms with Gasteiger partial charge in [0.15, 0.2) is 18.1 Å². The second-order valence-electron chi connectivity index (χ2n) is 7.76. The van der Waals surface area contributed by atoms with Crippen molar-refractivity contribution < 1.29 is 23.8 Å². The zero-order valence-electron chi connectivity index (χ0n) is 17.4. The molecule has 1 aromatic carbocycles. The maximum Gasteiger partial charge on any atom is 0.350 e. The number of hydrogen-bond acceptors (Lipinski definition) is 8. The SMILES string of the molecule is Cc1nc(-c2ccccn2)sc1C(=O)OCC(=O)Nc1ccc2c(c1)OC1(CCCC1)O2. The van der Waals surface area contributed by atoms with Crippen molar-refractivity contribution in [2.45, 2.75) is 38.4 Å². The Kier molecular flexibility index (Phi) is 5.26. The summed E-state index contributed by atoms with van der Waals surface area (Å²) in [6, 6.07) is 10.7. The smallest absolute Gasteiger partial charge is 0.350 e. The van der Waals surface area contributed by atoms with Gasteiger partial charge in [-0.15, -0.1) is 11.3 Å². The van der Waals surface area contributed by atoms with Crippen molar-refractivity contribution in [2.75, 3.05) is 11.9 Å². The molecule has 3 heterocycles. The van der Waals surface area contributed by atoms with Gasteiger partial charge in [0.05, 0.1) is 11.4 Å². The summed E-state index contributed by atoms with van der Waals surface area (Å²) in [6.45, 7) is 1.32. The lowest BCUT2D eigenvalue weighted by atomic mass is 10.2. The highest BCUT2D eigenvalue weighted by atomic mass is 32.1. The number of rotatable bonds is 5. The Labute approximate surface area is 188 Å². The number of anilines is 1. The molecule has 1 N–H and O–H groups in total. The molecular weight excluding hydrogens is 430 g/mol. The molecule has 0 atom stereocenters. The minimum absolute atomic E-state index is 0.350. The van der Waals surface area contributed by atoms with Gasteiger partial charge in [-0.2, -0.15) is 0 Å². The van der Waals surface area contributed by atoms with Crippen LogP contribution in [0.3, 0.4) is 0 Å². The van der Waals surface area contributed by atoms with Gasteiger partial charge in [0.2, 0.25) is 0 Å². The largest absolute Gasteiger partial charge is 0.451 e. The van der Waals surface area contributed by atoms with Crippen LogP contribution in [0, 0.1) is 6.92 Å². The molecule has 1 fully saturated rings. The van der Waals surface area contributed by atoms with Crippen LogP contribution in [0.4, 0.5) is 5.69 Å². The van der Waals surface area contributed by atoms with E-state index in [1.165, 1.54) is 11.3 Å². The number of nitrogens with one attached hydrogen (secondary N) is 1. The van der Waals surface area contributed by atoms with Gasteiger partial charge in [-0.05, 0) is 44.0 Å². The summed E-state index contributed by atoms with van der Waals surface area (Å²) < 4.78 is 17.2. The number of aromatic nitrogens is 2. The van der Waals surface area contributed by atoms with Crippen molar-refractivity contribution in [1.29, 1.82) is 0 Å². The van der Waals surface area contributed by atoms with Gasteiger partial charge in [-0.3, -0.25) is 9.78 Å². The summed E-state index contributed by atoms with van der Waals surface area (Å²) in [5, 5.41) is 3.35. The number of carbonyl (C=O) groups excluding carboxylic acids is 2. The molecule has 0 saturated heterocycles. The Morgan fingerprint density at radius 2 is 1.97 bits per heavy atom. The first-order chi connectivity index (χ1) is 15.5. The van der Waals surface area contributed by atoms with Crippen LogP contribution in [0.2, 0.25) is 0 Å². The van der Waals surface area contributed by atoms with Gasteiger partial charge in [0.1, 0.15) is 9.88 Å². The molecule has 32 heavy (non-hydrogen) atoms. The lowest BCUT2D eigenvalue weighted by Crippen LogP contribution is -2.34. The van der Waals surface area contributed by atoms with Gasteiger partial charge in [-0.1, -0.05) is 6.07 Å². The zero-order chi connectivity index (χ0) is 22.1. The number of ether oxygens (including phenoxy) is 3. The van der Waals surface area contributed by atoms with E-state index in [0.29, 0.717) is 38.5 Å². The van der Waals surface area contributed by atoms with Crippen molar-refractivity contribution in [3.05, 3.63) is 53.2 Å². The second-order valence-corrected chi connectivity index (χ2v) is 8.76. The molecule has 1 saturated carbocycles. The first-order valence-electron chi connectivity index (χ1n) is 10.4. The van der Waals surface area contributed by atoms with E-state index in [-0.39, 0.29) is 0 Å². The molecule has 1 amide bonds. The van der Waals surface area contributed by atoms with Crippen LogP contribution >= 0.6 is 11.3 Å². The standard InChI is InChI=1S/C23H21N3O5S/c1-14-20(32-21(25-14)16-6-2-5-11-24-16)22(28)29-13-19(27)26-15-7-8-17-18(12-15)31-23(30-17)9-3-4-10-23/h2,5-8,11-12H,3-4,9-10,13H2,1H3,(H,26,27). The Bertz CT molecular complexity index is 1170. The molecule has 3 aromatic rings. The molecule has 9 heteroatoms. The number of esters is 1. The molecule has 0 unspecified atom stereocenters. The van der Waals surface area contributed by atoms with Crippen LogP contribution in [-0.4, -0.2) is 34.2 Å². The van der Waals surface area contributed by atoms with Crippen molar-refractivity contribution in [1.82, 2.24) is 9.97 Å². The predicted octanol–water partition coefficient (Wildman–Crippen LogP) is 4.35. The molecule has 8 nitrogen and oxygen atoms in total. The molecule has 2 aromatic heterocycles. The molecule has 1 aliphatic heterocycles. The third kappa shape index (κ3) is 4.03. The van der Waals surface area contributed by atoms with E-state index in [2.05, 4.69) is 15.3 Å². The van der Waals surface area contributed by atoms with E-state index < -0.39 is 24.3 Å². The minimum atomic E-state index is -0.591. The van der Waals surface area contributed by atoms with Gasteiger partial charge in [0, 0.05) is 30.8 Å². The normalized spacial score (nSPS) is 15.7. The van der Waals surface area contributed by atoms with Crippen molar-refractivity contribution in [3.63, 3.8) is 0 Å².